The van der Waals surface area contributed by atoms with Gasteiger partial charge in [-0.15, -0.1) is 0 Å². The van der Waals surface area contributed by atoms with Crippen molar-refractivity contribution >= 4 is 11.9 Å². The maximum Gasteiger partial charge on any atom is 0.251 e. The SMILES string of the molecule is O=C(NC1CCN(c2nccc(C3CC3)n2)C1)c1ccc2c(c1)CCCO2. The van der Waals surface area contributed by atoms with Gasteiger partial charge >= 0.3 is 0 Å². The Morgan fingerprint density at radius 1 is 1.22 bits per heavy atom. The van der Waals surface area contributed by atoms with E-state index in [1.807, 2.05) is 30.5 Å². The molecule has 2 aromatic rings. The van der Waals surface area contributed by atoms with Gasteiger partial charge < -0.3 is 15.0 Å². The molecule has 1 atom stereocenters. The van der Waals surface area contributed by atoms with Gasteiger partial charge in [-0.3, -0.25) is 4.79 Å². The Hall–Kier alpha value is -2.63. The van der Waals surface area contributed by atoms with E-state index in [1.54, 1.807) is 0 Å². The van der Waals surface area contributed by atoms with Crippen LogP contribution in [0.25, 0.3) is 0 Å². The van der Waals surface area contributed by atoms with E-state index in [-0.39, 0.29) is 11.9 Å². The van der Waals surface area contributed by atoms with Gasteiger partial charge in [-0.1, -0.05) is 0 Å². The average Bonchev–Trinajstić information content (AvgIpc) is 3.47. The molecule has 1 unspecified atom stereocenters. The van der Waals surface area contributed by atoms with Crippen molar-refractivity contribution in [1.29, 1.82) is 0 Å². The lowest BCUT2D eigenvalue weighted by Crippen LogP contribution is -2.37. The van der Waals surface area contributed by atoms with Crippen LogP contribution in [0.5, 0.6) is 5.75 Å². The predicted octanol–water partition coefficient (Wildman–Crippen LogP) is 2.69. The Morgan fingerprint density at radius 3 is 3.04 bits per heavy atom. The lowest BCUT2D eigenvalue weighted by molar-refractivity contribution is 0.0940. The lowest BCUT2D eigenvalue weighted by Gasteiger charge is -2.19. The zero-order valence-corrected chi connectivity index (χ0v) is 15.4. The number of amides is 1. The van der Waals surface area contributed by atoms with Gasteiger partial charge in [0.1, 0.15) is 5.75 Å². The highest BCUT2D eigenvalue weighted by molar-refractivity contribution is 5.94. The number of anilines is 1. The summed E-state index contributed by atoms with van der Waals surface area (Å²) < 4.78 is 5.63. The molecule has 2 aliphatic heterocycles. The fraction of sp³-hybridized carbons (Fsp3) is 0.476. The van der Waals surface area contributed by atoms with E-state index in [4.69, 9.17) is 9.72 Å². The summed E-state index contributed by atoms with van der Waals surface area (Å²) in [7, 11) is 0. The van der Waals surface area contributed by atoms with E-state index < -0.39 is 0 Å². The first kappa shape index (κ1) is 16.5. The van der Waals surface area contributed by atoms with E-state index in [9.17, 15) is 4.79 Å². The molecule has 27 heavy (non-hydrogen) atoms. The monoisotopic (exact) mass is 364 g/mol. The maximum atomic E-state index is 12.7. The molecule has 1 aliphatic carbocycles. The van der Waals surface area contributed by atoms with E-state index in [0.29, 0.717) is 11.5 Å². The number of carbonyl (C=O) groups excluding carboxylic acids is 1. The Bertz CT molecular complexity index is 865. The van der Waals surface area contributed by atoms with Gasteiger partial charge in [0.15, 0.2) is 0 Å². The standard InChI is InChI=1S/C21H24N4O2/c26-20(16-5-6-19-15(12-16)2-1-11-27-19)23-17-8-10-25(13-17)21-22-9-7-18(24-21)14-3-4-14/h5-7,9,12,14,17H,1-4,8,10-11,13H2,(H,23,26). The van der Waals surface area contributed by atoms with Crippen molar-refractivity contribution in [1.82, 2.24) is 15.3 Å². The first-order chi connectivity index (χ1) is 13.3. The third-order valence-electron chi connectivity index (χ3n) is 5.64. The second-order valence-corrected chi connectivity index (χ2v) is 7.74. The molecule has 0 bridgehead atoms. The Labute approximate surface area is 159 Å². The molecule has 6 nitrogen and oxygen atoms in total. The molecule has 0 spiro atoms. The van der Waals surface area contributed by atoms with E-state index in [0.717, 1.165) is 61.9 Å². The Balaban J connectivity index is 1.23. The number of hydrogen-bond acceptors (Lipinski definition) is 5. The third-order valence-corrected chi connectivity index (χ3v) is 5.64. The third kappa shape index (κ3) is 3.48. The van der Waals surface area contributed by atoms with Crippen LogP contribution in [-0.4, -0.2) is 41.6 Å². The average molecular weight is 364 g/mol. The van der Waals surface area contributed by atoms with Gasteiger partial charge in [0.05, 0.1) is 6.61 Å². The van der Waals surface area contributed by atoms with Crippen molar-refractivity contribution in [3.05, 3.63) is 47.3 Å². The molecule has 1 amide bonds. The van der Waals surface area contributed by atoms with Crippen LogP contribution in [0.1, 0.15) is 53.2 Å². The largest absolute Gasteiger partial charge is 0.493 e. The fourth-order valence-electron chi connectivity index (χ4n) is 3.95. The summed E-state index contributed by atoms with van der Waals surface area (Å²) in [6.45, 7) is 2.39. The summed E-state index contributed by atoms with van der Waals surface area (Å²) in [6.07, 6.45) is 7.23. The van der Waals surface area contributed by atoms with Crippen LogP contribution in [0, 0.1) is 0 Å². The number of nitrogens with zero attached hydrogens (tertiary/aromatic N) is 3. The van der Waals surface area contributed by atoms with E-state index in [2.05, 4.69) is 15.2 Å². The molecule has 1 aromatic carbocycles. The number of nitrogens with one attached hydrogen (secondary N) is 1. The van der Waals surface area contributed by atoms with E-state index >= 15 is 0 Å². The highest BCUT2D eigenvalue weighted by Gasteiger charge is 2.29. The minimum absolute atomic E-state index is 0.0112. The van der Waals surface area contributed by atoms with Crippen molar-refractivity contribution in [2.75, 3.05) is 24.6 Å². The second kappa shape index (κ2) is 6.83. The summed E-state index contributed by atoms with van der Waals surface area (Å²) >= 11 is 0. The minimum atomic E-state index is -0.0112. The predicted molar refractivity (Wildman–Crippen MR) is 102 cm³/mol. The Kier molecular flexibility index (Phi) is 4.19. The molecule has 1 N–H and O–H groups in total. The number of aromatic nitrogens is 2. The van der Waals surface area contributed by atoms with Gasteiger partial charge in [0.25, 0.3) is 5.91 Å². The summed E-state index contributed by atoms with van der Waals surface area (Å²) in [5.41, 5.74) is 3.00. The van der Waals surface area contributed by atoms with Crippen LogP contribution in [0.15, 0.2) is 30.5 Å². The number of aryl methyl sites for hydroxylation is 1. The molecule has 5 rings (SSSR count). The van der Waals surface area contributed by atoms with Crippen LogP contribution in [0.4, 0.5) is 5.95 Å². The van der Waals surface area contributed by atoms with Crippen LogP contribution in [0.2, 0.25) is 0 Å². The van der Waals surface area contributed by atoms with Crippen molar-refractivity contribution in [3.8, 4) is 5.75 Å². The van der Waals surface area contributed by atoms with Gasteiger partial charge in [0, 0.05) is 42.5 Å². The van der Waals surface area contributed by atoms with Gasteiger partial charge in [0.2, 0.25) is 5.95 Å². The maximum absolute atomic E-state index is 12.7. The number of hydrogen-bond donors (Lipinski definition) is 1. The number of benzene rings is 1. The molecular weight excluding hydrogens is 340 g/mol. The van der Waals surface area contributed by atoms with Crippen molar-refractivity contribution in [2.45, 2.75) is 44.1 Å². The van der Waals surface area contributed by atoms with Gasteiger partial charge in [-0.05, 0) is 61.9 Å². The molecule has 3 heterocycles. The van der Waals surface area contributed by atoms with Crippen molar-refractivity contribution in [2.24, 2.45) is 0 Å². The zero-order valence-electron chi connectivity index (χ0n) is 15.4. The van der Waals surface area contributed by atoms with Gasteiger partial charge in [-0.25, -0.2) is 9.97 Å². The zero-order chi connectivity index (χ0) is 18.2. The molecule has 140 valence electrons. The van der Waals surface area contributed by atoms with Crippen LogP contribution in [0.3, 0.4) is 0 Å². The van der Waals surface area contributed by atoms with E-state index in [1.165, 1.54) is 12.8 Å². The van der Waals surface area contributed by atoms with Crippen LogP contribution >= 0.6 is 0 Å². The smallest absolute Gasteiger partial charge is 0.251 e. The van der Waals surface area contributed by atoms with Crippen molar-refractivity contribution < 1.29 is 9.53 Å². The first-order valence-corrected chi connectivity index (χ1v) is 9.91. The summed E-state index contributed by atoms with van der Waals surface area (Å²) in [5, 5.41) is 3.17. The van der Waals surface area contributed by atoms with Crippen molar-refractivity contribution in [3.63, 3.8) is 0 Å². The fourth-order valence-corrected chi connectivity index (χ4v) is 3.95. The molecular formula is C21H24N4O2. The number of carbonyl (C=O) groups is 1. The summed E-state index contributed by atoms with van der Waals surface area (Å²) in [5.74, 6) is 2.32. The topological polar surface area (TPSA) is 67.4 Å². The number of ether oxygens (including phenoxy) is 1. The molecule has 0 radical (unpaired) electrons. The molecule has 1 saturated carbocycles. The highest BCUT2D eigenvalue weighted by Crippen LogP contribution is 2.39. The lowest BCUT2D eigenvalue weighted by atomic mass is 10.0. The summed E-state index contributed by atoms with van der Waals surface area (Å²) in [6, 6.07) is 7.89. The normalized spacial score (nSPS) is 21.5. The second-order valence-electron chi connectivity index (χ2n) is 7.74. The summed E-state index contributed by atoms with van der Waals surface area (Å²) in [4.78, 5) is 24.0. The van der Waals surface area contributed by atoms with Gasteiger partial charge in [-0.2, -0.15) is 0 Å². The quantitative estimate of drug-likeness (QED) is 0.903. The van der Waals surface area contributed by atoms with Crippen LogP contribution in [-0.2, 0) is 6.42 Å². The molecule has 1 saturated heterocycles. The number of rotatable bonds is 4. The number of fused-ring (bicyclic) bond motifs is 1. The molecule has 3 aliphatic rings. The molecule has 6 heteroatoms. The highest BCUT2D eigenvalue weighted by atomic mass is 16.5. The molecule has 2 fully saturated rings. The molecule has 1 aromatic heterocycles. The minimum Gasteiger partial charge on any atom is -0.493 e. The first-order valence-electron chi connectivity index (χ1n) is 9.91. The Morgan fingerprint density at radius 2 is 2.15 bits per heavy atom. The van der Waals surface area contributed by atoms with Crippen LogP contribution < -0.4 is 15.0 Å².